The Hall–Kier alpha value is -4.26. The van der Waals surface area contributed by atoms with Crippen LogP contribution in [0, 0.1) is 6.92 Å². The van der Waals surface area contributed by atoms with E-state index in [0.717, 1.165) is 49.9 Å². The number of anilines is 1. The highest BCUT2D eigenvalue weighted by Gasteiger charge is 2.32. The third kappa shape index (κ3) is 4.72. The molecule has 184 valence electrons. The van der Waals surface area contributed by atoms with Crippen molar-refractivity contribution in [3.8, 4) is 28.2 Å². The number of thioether (sulfide) groups is 1. The van der Waals surface area contributed by atoms with Crippen molar-refractivity contribution in [2.45, 2.75) is 6.92 Å². The van der Waals surface area contributed by atoms with Crippen molar-refractivity contribution in [1.82, 2.24) is 9.78 Å². The molecule has 38 heavy (non-hydrogen) atoms. The molecule has 0 N–H and O–H groups in total. The summed E-state index contributed by atoms with van der Waals surface area (Å²) in [5.41, 5.74) is 7.94. The zero-order chi connectivity index (χ0) is 26.1. The van der Waals surface area contributed by atoms with Crippen LogP contribution in [0.5, 0.6) is 0 Å². The van der Waals surface area contributed by atoms with Gasteiger partial charge in [0.1, 0.15) is 4.99 Å². The van der Waals surface area contributed by atoms with Gasteiger partial charge in [-0.05, 0) is 60.7 Å². The first-order valence-electron chi connectivity index (χ1n) is 12.2. The molecule has 6 heteroatoms. The smallest absolute Gasteiger partial charge is 0.261 e. The van der Waals surface area contributed by atoms with Crippen LogP contribution in [0.3, 0.4) is 0 Å². The van der Waals surface area contributed by atoms with Gasteiger partial charge in [-0.1, -0.05) is 103 Å². The van der Waals surface area contributed by atoms with Gasteiger partial charge in [-0.2, -0.15) is 5.10 Å². The van der Waals surface area contributed by atoms with Crippen LogP contribution in [0.4, 0.5) is 10.5 Å². The number of nitrogens with zero attached hydrogens (tertiary/aromatic N) is 3. The minimum absolute atomic E-state index is 0.0841. The monoisotopic (exact) mass is 529 g/mol. The lowest BCUT2D eigenvalue weighted by molar-refractivity contribution is 0.268. The zero-order valence-electron chi connectivity index (χ0n) is 20.6. The maximum atomic E-state index is 12.8. The molecular weight excluding hydrogens is 507 g/mol. The molecule has 4 aromatic carbocycles. The predicted octanol–water partition coefficient (Wildman–Crippen LogP) is 8.56. The first-order chi connectivity index (χ1) is 18.6. The van der Waals surface area contributed by atoms with Crippen LogP contribution < -0.4 is 4.90 Å². The lowest BCUT2D eigenvalue weighted by atomic mass is 10.1. The number of aromatic nitrogens is 2. The summed E-state index contributed by atoms with van der Waals surface area (Å²) in [7, 11) is 0. The van der Waals surface area contributed by atoms with E-state index in [0.29, 0.717) is 4.99 Å². The predicted molar refractivity (Wildman–Crippen MR) is 162 cm³/mol. The van der Waals surface area contributed by atoms with Crippen LogP contribution in [0.25, 0.3) is 34.3 Å². The fourth-order valence-corrected chi connectivity index (χ4v) is 5.67. The molecule has 0 saturated carbocycles. The summed E-state index contributed by atoms with van der Waals surface area (Å²) in [4.78, 5) is 15.6. The van der Waals surface area contributed by atoms with Crippen LogP contribution >= 0.6 is 24.0 Å². The lowest BCUT2D eigenvalue weighted by Crippen LogP contribution is -2.26. The average molecular weight is 530 g/mol. The summed E-state index contributed by atoms with van der Waals surface area (Å²) in [6.07, 6.45) is 1.97. The van der Waals surface area contributed by atoms with E-state index < -0.39 is 0 Å². The van der Waals surface area contributed by atoms with Gasteiger partial charge in [0, 0.05) is 11.1 Å². The second-order valence-electron chi connectivity index (χ2n) is 9.00. The number of carbonyl (C=O) groups excluding carboxylic acids is 1. The summed E-state index contributed by atoms with van der Waals surface area (Å²) < 4.78 is 1.98. The molecule has 2 heterocycles. The van der Waals surface area contributed by atoms with Crippen LogP contribution in [-0.2, 0) is 0 Å². The molecule has 0 aliphatic carbocycles. The molecule has 0 atom stereocenters. The highest BCUT2D eigenvalue weighted by atomic mass is 32.2. The second kappa shape index (κ2) is 10.2. The van der Waals surface area contributed by atoms with E-state index in [2.05, 4.69) is 30.3 Å². The summed E-state index contributed by atoms with van der Waals surface area (Å²) in [5, 5.41) is 4.87. The molecule has 0 radical (unpaired) electrons. The number of hydrogen-bond acceptors (Lipinski definition) is 4. The SMILES string of the molecule is Cc1ccc(N2C(=O)S/C(=C\c3ccc(-n4nc(-c5ccccc5)cc4-c4ccccc4)cc3)C2=S)cc1. The Morgan fingerprint density at radius 1 is 0.763 bits per heavy atom. The van der Waals surface area contributed by atoms with Gasteiger partial charge in [0.15, 0.2) is 0 Å². The summed E-state index contributed by atoms with van der Waals surface area (Å²) >= 11 is 6.84. The van der Waals surface area contributed by atoms with E-state index in [1.54, 1.807) is 4.90 Å². The Morgan fingerprint density at radius 3 is 2.03 bits per heavy atom. The maximum absolute atomic E-state index is 12.8. The van der Waals surface area contributed by atoms with Crippen molar-refractivity contribution in [1.29, 1.82) is 0 Å². The minimum Gasteiger partial charge on any atom is -0.261 e. The van der Waals surface area contributed by atoms with Gasteiger partial charge in [0.2, 0.25) is 0 Å². The Labute approximate surface area is 231 Å². The number of carbonyl (C=O) groups is 1. The molecule has 1 amide bonds. The molecule has 6 rings (SSSR count). The molecule has 1 fully saturated rings. The third-order valence-electron chi connectivity index (χ3n) is 6.37. The molecule has 1 aliphatic heterocycles. The van der Waals surface area contributed by atoms with Crippen molar-refractivity contribution < 1.29 is 4.79 Å². The van der Waals surface area contributed by atoms with Crippen molar-refractivity contribution in [2.24, 2.45) is 0 Å². The molecule has 1 aliphatic rings. The number of rotatable bonds is 5. The van der Waals surface area contributed by atoms with Crippen molar-refractivity contribution in [3.05, 3.63) is 131 Å². The normalized spacial score (nSPS) is 14.4. The Morgan fingerprint density at radius 2 is 1.37 bits per heavy atom. The van der Waals surface area contributed by atoms with Gasteiger partial charge in [-0.25, -0.2) is 4.68 Å². The van der Waals surface area contributed by atoms with Crippen LogP contribution in [-0.4, -0.2) is 20.0 Å². The van der Waals surface area contributed by atoms with Gasteiger partial charge in [0.05, 0.1) is 27.7 Å². The highest BCUT2D eigenvalue weighted by Crippen LogP contribution is 2.37. The van der Waals surface area contributed by atoms with E-state index in [4.69, 9.17) is 17.3 Å². The van der Waals surface area contributed by atoms with E-state index in [1.165, 1.54) is 11.8 Å². The second-order valence-corrected chi connectivity index (χ2v) is 10.4. The van der Waals surface area contributed by atoms with E-state index >= 15 is 0 Å². The van der Waals surface area contributed by atoms with E-state index in [9.17, 15) is 4.79 Å². The third-order valence-corrected chi connectivity index (χ3v) is 7.79. The molecule has 0 spiro atoms. The number of benzene rings is 4. The fraction of sp³-hybridized carbons (Fsp3) is 0.0312. The van der Waals surface area contributed by atoms with Gasteiger partial charge in [0.25, 0.3) is 5.24 Å². The largest absolute Gasteiger partial charge is 0.296 e. The molecule has 4 nitrogen and oxygen atoms in total. The Balaban J connectivity index is 1.32. The highest BCUT2D eigenvalue weighted by molar-refractivity contribution is 8.20. The Kier molecular flexibility index (Phi) is 6.50. The summed E-state index contributed by atoms with van der Waals surface area (Å²) in [6.45, 7) is 2.02. The number of aryl methyl sites for hydroxylation is 1. The van der Waals surface area contributed by atoms with Gasteiger partial charge in [-0.15, -0.1) is 0 Å². The molecule has 0 bridgehead atoms. The maximum Gasteiger partial charge on any atom is 0.296 e. The number of thiocarbonyl (C=S) groups is 1. The van der Waals surface area contributed by atoms with Crippen LogP contribution in [0.15, 0.2) is 120 Å². The van der Waals surface area contributed by atoms with Crippen LogP contribution in [0.1, 0.15) is 11.1 Å². The first-order valence-corrected chi connectivity index (χ1v) is 13.5. The van der Waals surface area contributed by atoms with E-state index in [1.807, 2.05) is 103 Å². The molecule has 1 saturated heterocycles. The van der Waals surface area contributed by atoms with Gasteiger partial charge >= 0.3 is 0 Å². The zero-order valence-corrected chi connectivity index (χ0v) is 22.2. The van der Waals surface area contributed by atoms with Gasteiger partial charge < -0.3 is 0 Å². The van der Waals surface area contributed by atoms with Crippen molar-refractivity contribution in [3.63, 3.8) is 0 Å². The lowest BCUT2D eigenvalue weighted by Gasteiger charge is -2.14. The number of hydrogen-bond donors (Lipinski definition) is 0. The molecule has 1 aromatic heterocycles. The molecule has 0 unspecified atom stereocenters. The van der Waals surface area contributed by atoms with Gasteiger partial charge in [-0.3, -0.25) is 9.69 Å². The first kappa shape index (κ1) is 24.1. The quantitative estimate of drug-likeness (QED) is 0.169. The number of amides is 1. The average Bonchev–Trinajstić information content (AvgIpc) is 3.52. The Bertz CT molecular complexity index is 1660. The standard InChI is InChI=1S/C32H23N3OS2/c1-22-12-16-26(17-13-22)34-31(37)30(38-32(34)36)20-23-14-18-27(19-15-23)35-29(25-10-6-3-7-11-25)21-28(33-35)24-8-4-2-5-9-24/h2-21H,1H3/b30-20-. The van der Waals surface area contributed by atoms with Crippen molar-refractivity contribution in [2.75, 3.05) is 4.90 Å². The minimum atomic E-state index is -0.0841. The summed E-state index contributed by atoms with van der Waals surface area (Å²) in [6, 6.07) is 38.6. The summed E-state index contributed by atoms with van der Waals surface area (Å²) in [5.74, 6) is 0. The van der Waals surface area contributed by atoms with Crippen molar-refractivity contribution >= 4 is 46.0 Å². The topological polar surface area (TPSA) is 38.1 Å². The molecular formula is C32H23N3OS2. The van der Waals surface area contributed by atoms with Crippen LogP contribution in [0.2, 0.25) is 0 Å². The fourth-order valence-electron chi connectivity index (χ4n) is 4.39. The van der Waals surface area contributed by atoms with E-state index in [-0.39, 0.29) is 5.24 Å². The molecule has 5 aromatic rings.